The Balaban J connectivity index is 1.51. The van der Waals surface area contributed by atoms with Crippen molar-refractivity contribution in [3.8, 4) is 0 Å². The third-order valence-electron chi connectivity index (χ3n) is 4.67. The van der Waals surface area contributed by atoms with E-state index in [0.29, 0.717) is 38.3 Å². The van der Waals surface area contributed by atoms with Gasteiger partial charge in [0.1, 0.15) is 6.04 Å². The van der Waals surface area contributed by atoms with Crippen LogP contribution in [-0.2, 0) is 4.79 Å². The van der Waals surface area contributed by atoms with Gasteiger partial charge in [-0.1, -0.05) is 18.2 Å². The molecule has 1 heterocycles. The number of nitrogens with one attached hydrogen (secondary N) is 2. The van der Waals surface area contributed by atoms with Gasteiger partial charge in [0.2, 0.25) is 5.91 Å². The molecule has 3 amide bonds. The number of hydrogen-bond donors (Lipinski definition) is 2. The molecule has 9 heteroatoms. The molecule has 0 aliphatic carbocycles. The van der Waals surface area contributed by atoms with Crippen molar-refractivity contribution in [1.29, 1.82) is 0 Å². The van der Waals surface area contributed by atoms with Gasteiger partial charge in [-0.05, 0) is 19.1 Å². The summed E-state index contributed by atoms with van der Waals surface area (Å²) in [6, 6.07) is 9.84. The van der Waals surface area contributed by atoms with E-state index in [1.807, 2.05) is 30.3 Å². The maximum Gasteiger partial charge on any atom is 0.318 e. The average Bonchev–Trinajstić information content (AvgIpc) is 2.72. The van der Waals surface area contributed by atoms with Crippen molar-refractivity contribution in [2.75, 3.05) is 36.4 Å². The number of rotatable bonds is 4. The number of benzene rings is 2. The highest BCUT2D eigenvalue weighted by Gasteiger charge is 2.24. The van der Waals surface area contributed by atoms with Crippen LogP contribution < -0.4 is 15.5 Å². The zero-order valence-corrected chi connectivity index (χ0v) is 15.8. The minimum absolute atomic E-state index is 0.232. The van der Waals surface area contributed by atoms with E-state index in [0.717, 1.165) is 5.69 Å². The van der Waals surface area contributed by atoms with Crippen molar-refractivity contribution in [1.82, 2.24) is 10.2 Å². The first-order chi connectivity index (χ1) is 13.8. The van der Waals surface area contributed by atoms with Crippen LogP contribution in [0.2, 0.25) is 0 Å². The van der Waals surface area contributed by atoms with E-state index in [4.69, 9.17) is 0 Å². The summed E-state index contributed by atoms with van der Waals surface area (Å²) in [5, 5.41) is 4.82. The number of halogens is 3. The highest BCUT2D eigenvalue weighted by Crippen LogP contribution is 2.18. The van der Waals surface area contributed by atoms with E-state index in [9.17, 15) is 22.8 Å². The number of piperazine rings is 1. The second kappa shape index (κ2) is 8.85. The molecule has 2 N–H and O–H groups in total. The molecule has 0 aromatic heterocycles. The van der Waals surface area contributed by atoms with E-state index in [-0.39, 0.29) is 5.69 Å². The second-order valence-corrected chi connectivity index (χ2v) is 6.72. The van der Waals surface area contributed by atoms with E-state index in [1.54, 1.807) is 4.90 Å². The number of hydrogen-bond acceptors (Lipinski definition) is 3. The summed E-state index contributed by atoms with van der Waals surface area (Å²) >= 11 is 0. The maximum atomic E-state index is 13.3. The zero-order chi connectivity index (χ0) is 21.0. The lowest BCUT2D eigenvalue weighted by Gasteiger charge is -2.36. The predicted molar refractivity (Wildman–Crippen MR) is 103 cm³/mol. The van der Waals surface area contributed by atoms with Crippen molar-refractivity contribution < 1.29 is 22.8 Å². The van der Waals surface area contributed by atoms with Crippen LogP contribution >= 0.6 is 0 Å². The van der Waals surface area contributed by atoms with Gasteiger partial charge in [-0.3, -0.25) is 4.79 Å². The molecule has 0 saturated carbocycles. The van der Waals surface area contributed by atoms with Crippen LogP contribution in [0.4, 0.5) is 29.3 Å². The molecule has 2 aromatic carbocycles. The Morgan fingerprint density at radius 3 is 2.14 bits per heavy atom. The van der Waals surface area contributed by atoms with E-state index in [2.05, 4.69) is 15.5 Å². The summed E-state index contributed by atoms with van der Waals surface area (Å²) in [6.45, 7) is 3.74. The monoisotopic (exact) mass is 406 g/mol. The van der Waals surface area contributed by atoms with Crippen LogP contribution in [0.3, 0.4) is 0 Å². The number of carbonyl (C=O) groups is 2. The predicted octanol–water partition coefficient (Wildman–Crippen LogP) is 2.96. The fourth-order valence-electron chi connectivity index (χ4n) is 3.03. The van der Waals surface area contributed by atoms with Crippen molar-refractivity contribution in [2.45, 2.75) is 13.0 Å². The highest BCUT2D eigenvalue weighted by molar-refractivity contribution is 5.96. The van der Waals surface area contributed by atoms with Crippen LogP contribution in [0.1, 0.15) is 6.92 Å². The molecular formula is C20H21F3N4O2. The molecule has 6 nitrogen and oxygen atoms in total. The first-order valence-corrected chi connectivity index (χ1v) is 9.16. The lowest BCUT2D eigenvalue weighted by atomic mass is 10.2. The van der Waals surface area contributed by atoms with Gasteiger partial charge in [0.15, 0.2) is 17.5 Å². The fraction of sp³-hybridized carbons (Fsp3) is 0.300. The summed E-state index contributed by atoms with van der Waals surface area (Å²) in [5.74, 6) is -5.10. The molecule has 1 aliphatic heterocycles. The second-order valence-electron chi connectivity index (χ2n) is 6.72. The largest absolute Gasteiger partial charge is 0.368 e. The lowest BCUT2D eigenvalue weighted by molar-refractivity contribution is -0.117. The van der Waals surface area contributed by atoms with Crippen LogP contribution in [0.15, 0.2) is 42.5 Å². The molecule has 29 heavy (non-hydrogen) atoms. The van der Waals surface area contributed by atoms with Crippen molar-refractivity contribution in [3.63, 3.8) is 0 Å². The van der Waals surface area contributed by atoms with Gasteiger partial charge in [-0.15, -0.1) is 0 Å². The normalized spacial score (nSPS) is 15.0. The molecule has 1 aliphatic rings. The van der Waals surface area contributed by atoms with E-state index in [1.165, 1.54) is 6.92 Å². The van der Waals surface area contributed by atoms with Crippen LogP contribution in [0, 0.1) is 17.5 Å². The SMILES string of the molecule is C[C@@H](NC(=O)N1CCN(c2ccccc2)CC1)C(=O)Nc1cc(F)c(F)c(F)c1. The number of carbonyl (C=O) groups excluding carboxylic acids is 2. The van der Waals surface area contributed by atoms with Gasteiger partial charge in [-0.25, -0.2) is 18.0 Å². The summed E-state index contributed by atoms with van der Waals surface area (Å²) in [7, 11) is 0. The number of urea groups is 1. The Morgan fingerprint density at radius 1 is 0.966 bits per heavy atom. The van der Waals surface area contributed by atoms with E-state index < -0.39 is 35.4 Å². The fourth-order valence-corrected chi connectivity index (χ4v) is 3.03. The van der Waals surface area contributed by atoms with Crippen molar-refractivity contribution in [3.05, 3.63) is 59.9 Å². The van der Waals surface area contributed by atoms with Gasteiger partial charge in [0.05, 0.1) is 0 Å². The molecule has 0 spiro atoms. The molecule has 0 bridgehead atoms. The molecule has 0 unspecified atom stereocenters. The van der Waals surface area contributed by atoms with Crippen molar-refractivity contribution in [2.24, 2.45) is 0 Å². The molecule has 154 valence electrons. The lowest BCUT2D eigenvalue weighted by Crippen LogP contribution is -2.54. The molecule has 1 saturated heterocycles. The standard InChI is InChI=1S/C20H21F3N4O2/c1-13(19(28)25-14-11-16(21)18(23)17(22)12-14)24-20(29)27-9-7-26(8-10-27)15-5-3-2-4-6-15/h2-6,11-13H,7-10H2,1H3,(H,24,29)(H,25,28)/t13-/m1/s1. The Bertz CT molecular complexity index is 864. The van der Waals surface area contributed by atoms with Crippen LogP contribution in [0.25, 0.3) is 0 Å². The van der Waals surface area contributed by atoms with Crippen LogP contribution in [0.5, 0.6) is 0 Å². The minimum atomic E-state index is -1.61. The summed E-state index contributed by atoms with van der Waals surface area (Å²) < 4.78 is 39.5. The highest BCUT2D eigenvalue weighted by atomic mass is 19.2. The van der Waals surface area contributed by atoms with Gasteiger partial charge in [0, 0.05) is 49.7 Å². The minimum Gasteiger partial charge on any atom is -0.368 e. The van der Waals surface area contributed by atoms with Crippen molar-refractivity contribution >= 4 is 23.3 Å². The number of nitrogens with zero attached hydrogens (tertiary/aromatic N) is 2. The Kier molecular flexibility index (Phi) is 6.26. The third kappa shape index (κ3) is 4.98. The number of anilines is 2. The van der Waals surface area contributed by atoms with Gasteiger partial charge < -0.3 is 20.4 Å². The smallest absolute Gasteiger partial charge is 0.318 e. The Hall–Kier alpha value is -3.23. The molecule has 3 rings (SSSR count). The van der Waals surface area contributed by atoms with Crippen LogP contribution in [-0.4, -0.2) is 49.1 Å². The molecule has 2 aromatic rings. The molecule has 1 fully saturated rings. The number of amides is 3. The average molecular weight is 406 g/mol. The zero-order valence-electron chi connectivity index (χ0n) is 15.8. The third-order valence-corrected chi connectivity index (χ3v) is 4.67. The molecule has 0 radical (unpaired) electrons. The number of para-hydroxylation sites is 1. The quantitative estimate of drug-likeness (QED) is 0.768. The maximum absolute atomic E-state index is 13.3. The van der Waals surface area contributed by atoms with Gasteiger partial charge in [0.25, 0.3) is 0 Å². The molecular weight excluding hydrogens is 385 g/mol. The molecule has 1 atom stereocenters. The van der Waals surface area contributed by atoms with E-state index >= 15 is 0 Å². The summed E-state index contributed by atoms with van der Waals surface area (Å²) in [6.07, 6.45) is 0. The first kappa shape index (κ1) is 20.5. The van der Waals surface area contributed by atoms with Gasteiger partial charge >= 0.3 is 6.03 Å². The Morgan fingerprint density at radius 2 is 1.55 bits per heavy atom. The summed E-state index contributed by atoms with van der Waals surface area (Å²) in [4.78, 5) is 28.4. The Labute approximate surface area is 166 Å². The summed E-state index contributed by atoms with van der Waals surface area (Å²) in [5.41, 5.74) is 0.850. The van der Waals surface area contributed by atoms with Gasteiger partial charge in [-0.2, -0.15) is 0 Å². The first-order valence-electron chi connectivity index (χ1n) is 9.16. The topological polar surface area (TPSA) is 64.7 Å².